The predicted octanol–water partition coefficient (Wildman–Crippen LogP) is 4.22. The van der Waals surface area contributed by atoms with Crippen LogP contribution in [0.15, 0.2) is 45.2 Å². The Morgan fingerprint density at radius 1 is 1.33 bits per heavy atom. The third-order valence-electron chi connectivity index (χ3n) is 2.58. The van der Waals surface area contributed by atoms with E-state index in [2.05, 4.69) is 26.2 Å². The number of aliphatic imine (C=N–C) groups is 1. The minimum atomic E-state index is 0.166. The average Bonchev–Trinajstić information content (AvgIpc) is 2.84. The van der Waals surface area contributed by atoms with E-state index in [-0.39, 0.29) is 6.10 Å². The predicted molar refractivity (Wildman–Crippen MR) is 93.2 cm³/mol. The van der Waals surface area contributed by atoms with E-state index in [0.717, 1.165) is 20.8 Å². The van der Waals surface area contributed by atoms with Gasteiger partial charge in [-0.05, 0) is 65.5 Å². The van der Waals surface area contributed by atoms with Crippen molar-refractivity contribution in [3.05, 3.63) is 45.1 Å². The second-order valence-electron chi connectivity index (χ2n) is 4.71. The van der Waals surface area contributed by atoms with Crippen molar-refractivity contribution in [1.29, 1.82) is 0 Å². The Morgan fingerprint density at radius 3 is 2.62 bits per heavy atom. The van der Waals surface area contributed by atoms with Crippen LogP contribution in [0.5, 0.6) is 5.75 Å². The van der Waals surface area contributed by atoms with Crippen molar-refractivity contribution < 1.29 is 4.74 Å². The van der Waals surface area contributed by atoms with E-state index >= 15 is 0 Å². The summed E-state index contributed by atoms with van der Waals surface area (Å²) in [6.45, 7) is 4.56. The molecule has 6 heteroatoms. The van der Waals surface area contributed by atoms with Crippen molar-refractivity contribution in [2.24, 2.45) is 10.7 Å². The summed E-state index contributed by atoms with van der Waals surface area (Å²) in [7, 11) is 0. The lowest BCUT2D eigenvalue weighted by atomic mass is 10.3. The lowest BCUT2D eigenvalue weighted by Gasteiger charge is -2.10. The molecule has 4 nitrogen and oxygen atoms in total. The highest BCUT2D eigenvalue weighted by Crippen LogP contribution is 2.23. The number of thiophene rings is 1. The molecule has 0 atom stereocenters. The summed E-state index contributed by atoms with van der Waals surface area (Å²) in [5.74, 6) is 1.24. The van der Waals surface area contributed by atoms with Crippen LogP contribution in [0, 0.1) is 0 Å². The van der Waals surface area contributed by atoms with Gasteiger partial charge in [0.05, 0.1) is 12.6 Å². The number of nitrogens with zero attached hydrogens (tertiary/aromatic N) is 1. The van der Waals surface area contributed by atoms with Gasteiger partial charge in [0.15, 0.2) is 5.96 Å². The van der Waals surface area contributed by atoms with E-state index in [9.17, 15) is 0 Å². The quantitative estimate of drug-likeness (QED) is 0.614. The van der Waals surface area contributed by atoms with Gasteiger partial charge in [-0.3, -0.25) is 0 Å². The number of rotatable bonds is 5. The maximum atomic E-state index is 5.89. The number of hydrogen-bond acceptors (Lipinski definition) is 3. The molecule has 0 unspecified atom stereocenters. The van der Waals surface area contributed by atoms with Crippen LogP contribution in [0.2, 0.25) is 0 Å². The third kappa shape index (κ3) is 5.06. The Morgan fingerprint density at radius 2 is 2.05 bits per heavy atom. The Bertz CT molecular complexity index is 608. The normalized spacial score (nSPS) is 11.7. The first kappa shape index (κ1) is 15.9. The Kier molecular flexibility index (Phi) is 5.64. The van der Waals surface area contributed by atoms with E-state index in [4.69, 9.17) is 10.5 Å². The molecule has 0 radical (unpaired) electrons. The first-order valence-corrected chi connectivity index (χ1v) is 8.27. The zero-order valence-electron chi connectivity index (χ0n) is 12.0. The molecule has 112 valence electrons. The molecular formula is C15H18BrN3OS. The molecule has 0 aliphatic rings. The average molecular weight is 368 g/mol. The maximum absolute atomic E-state index is 5.89. The number of anilines is 1. The SMILES string of the molecule is CC(C)Oc1ccc(NC(N)=NCc2sccc2Br)cc1. The molecule has 0 saturated carbocycles. The number of halogens is 1. The highest BCUT2D eigenvalue weighted by Gasteiger charge is 2.02. The Balaban J connectivity index is 1.93. The fraction of sp³-hybridized carbons (Fsp3) is 0.267. The van der Waals surface area contributed by atoms with E-state index in [1.54, 1.807) is 11.3 Å². The number of benzene rings is 1. The fourth-order valence-electron chi connectivity index (χ4n) is 1.67. The van der Waals surface area contributed by atoms with Crippen molar-refractivity contribution in [2.75, 3.05) is 5.32 Å². The van der Waals surface area contributed by atoms with E-state index < -0.39 is 0 Å². The summed E-state index contributed by atoms with van der Waals surface area (Å²) in [6, 6.07) is 9.66. The smallest absolute Gasteiger partial charge is 0.193 e. The van der Waals surface area contributed by atoms with Crippen LogP contribution in [0.1, 0.15) is 18.7 Å². The lowest BCUT2D eigenvalue weighted by Crippen LogP contribution is -2.22. The highest BCUT2D eigenvalue weighted by molar-refractivity contribution is 9.10. The summed E-state index contributed by atoms with van der Waals surface area (Å²) < 4.78 is 6.66. The minimum Gasteiger partial charge on any atom is -0.491 e. The zero-order chi connectivity index (χ0) is 15.2. The molecule has 0 aliphatic heterocycles. The van der Waals surface area contributed by atoms with Gasteiger partial charge in [0.2, 0.25) is 0 Å². The molecule has 0 fully saturated rings. The molecule has 1 heterocycles. The lowest BCUT2D eigenvalue weighted by molar-refractivity contribution is 0.242. The number of guanidine groups is 1. The van der Waals surface area contributed by atoms with Crippen molar-refractivity contribution >= 4 is 38.9 Å². The number of nitrogens with one attached hydrogen (secondary N) is 1. The number of nitrogens with two attached hydrogens (primary N) is 1. The summed E-state index contributed by atoms with van der Waals surface area (Å²) in [6.07, 6.45) is 0.166. The molecule has 2 aromatic rings. The molecule has 21 heavy (non-hydrogen) atoms. The van der Waals surface area contributed by atoms with Gasteiger partial charge in [-0.15, -0.1) is 11.3 Å². The first-order valence-electron chi connectivity index (χ1n) is 6.60. The van der Waals surface area contributed by atoms with Gasteiger partial charge < -0.3 is 15.8 Å². The Labute approximate surface area is 137 Å². The standard InChI is InChI=1S/C15H18BrN3OS/c1-10(2)20-12-5-3-11(4-6-12)19-15(17)18-9-14-13(16)7-8-21-14/h3-8,10H,9H2,1-2H3,(H3,17,18,19). The molecule has 1 aromatic carbocycles. The molecule has 1 aromatic heterocycles. The first-order chi connectivity index (χ1) is 10.0. The molecule has 0 amide bonds. The monoisotopic (exact) mass is 367 g/mol. The molecular weight excluding hydrogens is 350 g/mol. The van der Waals surface area contributed by atoms with Crippen molar-refractivity contribution in [2.45, 2.75) is 26.5 Å². The fourth-order valence-corrected chi connectivity index (χ4v) is 3.07. The number of hydrogen-bond donors (Lipinski definition) is 2. The second-order valence-corrected chi connectivity index (χ2v) is 6.56. The van der Waals surface area contributed by atoms with Gasteiger partial charge in [-0.2, -0.15) is 0 Å². The molecule has 3 N–H and O–H groups in total. The van der Waals surface area contributed by atoms with Crippen LogP contribution in [-0.4, -0.2) is 12.1 Å². The van der Waals surface area contributed by atoms with E-state index in [1.807, 2.05) is 49.6 Å². The van der Waals surface area contributed by atoms with Crippen LogP contribution in [0.4, 0.5) is 5.69 Å². The van der Waals surface area contributed by atoms with Gasteiger partial charge in [-0.25, -0.2) is 4.99 Å². The van der Waals surface area contributed by atoms with Gasteiger partial charge in [0, 0.05) is 15.0 Å². The van der Waals surface area contributed by atoms with Crippen molar-refractivity contribution in [3.63, 3.8) is 0 Å². The van der Waals surface area contributed by atoms with Gasteiger partial charge in [-0.1, -0.05) is 0 Å². The minimum absolute atomic E-state index is 0.166. The molecule has 0 aliphatic carbocycles. The van der Waals surface area contributed by atoms with Crippen LogP contribution < -0.4 is 15.8 Å². The highest BCUT2D eigenvalue weighted by atomic mass is 79.9. The summed E-state index contributed by atoms with van der Waals surface area (Å²) in [5.41, 5.74) is 6.77. The maximum Gasteiger partial charge on any atom is 0.193 e. The summed E-state index contributed by atoms with van der Waals surface area (Å²) in [4.78, 5) is 5.48. The van der Waals surface area contributed by atoms with Crippen molar-refractivity contribution in [1.82, 2.24) is 0 Å². The summed E-state index contributed by atoms with van der Waals surface area (Å²) in [5, 5.41) is 5.09. The molecule has 2 rings (SSSR count). The van der Waals surface area contributed by atoms with Gasteiger partial charge in [0.25, 0.3) is 0 Å². The third-order valence-corrected chi connectivity index (χ3v) is 4.49. The molecule has 0 saturated heterocycles. The zero-order valence-corrected chi connectivity index (χ0v) is 14.4. The second kappa shape index (κ2) is 7.47. The molecule has 0 spiro atoms. The largest absolute Gasteiger partial charge is 0.491 e. The van der Waals surface area contributed by atoms with E-state index in [0.29, 0.717) is 12.5 Å². The summed E-state index contributed by atoms with van der Waals surface area (Å²) >= 11 is 5.13. The van der Waals surface area contributed by atoms with Crippen LogP contribution in [-0.2, 0) is 6.54 Å². The van der Waals surface area contributed by atoms with Crippen molar-refractivity contribution in [3.8, 4) is 5.75 Å². The van der Waals surface area contributed by atoms with E-state index in [1.165, 1.54) is 0 Å². The Hall–Kier alpha value is -1.53. The molecule has 0 bridgehead atoms. The van der Waals surface area contributed by atoms with Crippen LogP contribution >= 0.6 is 27.3 Å². The number of ether oxygens (including phenoxy) is 1. The topological polar surface area (TPSA) is 59.6 Å². The van der Waals surface area contributed by atoms with Gasteiger partial charge in [0.1, 0.15) is 5.75 Å². The van der Waals surface area contributed by atoms with Crippen LogP contribution in [0.3, 0.4) is 0 Å². The van der Waals surface area contributed by atoms with Crippen LogP contribution in [0.25, 0.3) is 0 Å². The van der Waals surface area contributed by atoms with Gasteiger partial charge >= 0.3 is 0 Å².